The lowest BCUT2D eigenvalue weighted by Gasteiger charge is -2.06. The van der Waals surface area contributed by atoms with Crippen molar-refractivity contribution < 1.29 is 0 Å². The van der Waals surface area contributed by atoms with E-state index in [0.29, 0.717) is 6.04 Å². The zero-order chi connectivity index (χ0) is 10.8. The van der Waals surface area contributed by atoms with E-state index >= 15 is 0 Å². The van der Waals surface area contributed by atoms with Crippen LogP contribution in [0.1, 0.15) is 24.3 Å². The molecular formula is C13H16N2S. The molecule has 0 saturated heterocycles. The quantitative estimate of drug-likeness (QED) is 0.863. The van der Waals surface area contributed by atoms with E-state index < -0.39 is 0 Å². The number of thiazole rings is 1. The van der Waals surface area contributed by atoms with Crippen molar-refractivity contribution in [1.82, 2.24) is 10.3 Å². The Hall–Kier alpha value is -0.930. The Morgan fingerprint density at radius 2 is 2.44 bits per heavy atom. The molecule has 2 aliphatic rings. The average molecular weight is 232 g/mol. The fourth-order valence-electron chi connectivity index (χ4n) is 2.26. The van der Waals surface area contributed by atoms with Crippen LogP contribution >= 0.6 is 11.3 Å². The van der Waals surface area contributed by atoms with Crippen LogP contribution in [0, 0.1) is 5.92 Å². The van der Waals surface area contributed by atoms with Crippen LogP contribution in [0.25, 0.3) is 0 Å². The monoisotopic (exact) mass is 232 g/mol. The summed E-state index contributed by atoms with van der Waals surface area (Å²) in [5, 5.41) is 6.81. The summed E-state index contributed by atoms with van der Waals surface area (Å²) in [5.41, 5.74) is 1.54. The molecule has 2 nitrogen and oxygen atoms in total. The highest BCUT2D eigenvalue weighted by atomic mass is 32.1. The first-order valence-corrected chi connectivity index (χ1v) is 6.80. The Labute approximate surface area is 100 Å². The van der Waals surface area contributed by atoms with E-state index in [1.54, 1.807) is 16.9 Å². The molecule has 16 heavy (non-hydrogen) atoms. The Bertz CT molecular complexity index is 406. The van der Waals surface area contributed by atoms with Gasteiger partial charge in [0.2, 0.25) is 0 Å². The van der Waals surface area contributed by atoms with E-state index in [2.05, 4.69) is 28.5 Å². The SMILES string of the molecule is C1=CC(C2CC2NCc2nccs2)=CCC1. The third-order valence-corrected chi connectivity index (χ3v) is 4.02. The topological polar surface area (TPSA) is 24.9 Å². The molecule has 2 aliphatic carbocycles. The highest BCUT2D eigenvalue weighted by Gasteiger charge is 2.38. The molecule has 1 aromatic rings. The molecule has 2 unspecified atom stereocenters. The zero-order valence-corrected chi connectivity index (χ0v) is 10.0. The molecule has 0 aromatic carbocycles. The van der Waals surface area contributed by atoms with Crippen molar-refractivity contribution >= 4 is 11.3 Å². The van der Waals surface area contributed by atoms with Gasteiger partial charge in [0.25, 0.3) is 0 Å². The van der Waals surface area contributed by atoms with Gasteiger partial charge in [-0.1, -0.05) is 18.2 Å². The van der Waals surface area contributed by atoms with Gasteiger partial charge in [0.05, 0.1) is 0 Å². The van der Waals surface area contributed by atoms with Crippen LogP contribution < -0.4 is 5.32 Å². The standard InChI is InChI=1S/C13H16N2S/c1-2-4-10(5-3-1)11-8-12(11)15-9-13-14-6-7-16-13/h2,4-7,11-12,15H,1,3,8-9H2. The normalized spacial score (nSPS) is 27.9. The summed E-state index contributed by atoms with van der Waals surface area (Å²) in [7, 11) is 0. The number of aromatic nitrogens is 1. The van der Waals surface area contributed by atoms with Crippen molar-refractivity contribution in [2.45, 2.75) is 31.8 Å². The molecule has 1 aromatic heterocycles. The second-order valence-electron chi connectivity index (χ2n) is 4.44. The largest absolute Gasteiger partial charge is 0.307 e. The minimum atomic E-state index is 0.679. The van der Waals surface area contributed by atoms with Crippen molar-refractivity contribution in [2.75, 3.05) is 0 Å². The average Bonchev–Trinajstić information content (AvgIpc) is 2.93. The number of hydrogen-bond donors (Lipinski definition) is 1. The second kappa shape index (κ2) is 4.52. The van der Waals surface area contributed by atoms with Gasteiger partial charge in [0, 0.05) is 30.1 Å². The second-order valence-corrected chi connectivity index (χ2v) is 5.42. The van der Waals surface area contributed by atoms with E-state index in [9.17, 15) is 0 Å². The van der Waals surface area contributed by atoms with Gasteiger partial charge in [-0.25, -0.2) is 4.98 Å². The summed E-state index contributed by atoms with van der Waals surface area (Å²) in [6, 6.07) is 0.679. The lowest BCUT2D eigenvalue weighted by atomic mass is 10.0. The van der Waals surface area contributed by atoms with E-state index in [0.717, 1.165) is 12.5 Å². The van der Waals surface area contributed by atoms with Gasteiger partial charge in [-0.05, 0) is 24.8 Å². The number of allylic oxidation sites excluding steroid dienone is 3. The lowest BCUT2D eigenvalue weighted by molar-refractivity contribution is 0.658. The minimum Gasteiger partial charge on any atom is -0.307 e. The summed E-state index contributed by atoms with van der Waals surface area (Å²) >= 11 is 1.73. The molecule has 1 N–H and O–H groups in total. The molecule has 2 atom stereocenters. The number of nitrogens with zero attached hydrogens (tertiary/aromatic N) is 1. The summed E-state index contributed by atoms with van der Waals surface area (Å²) in [6.07, 6.45) is 12.6. The molecule has 3 rings (SSSR count). The molecule has 0 spiro atoms. The Morgan fingerprint density at radius 1 is 1.44 bits per heavy atom. The molecular weight excluding hydrogens is 216 g/mol. The van der Waals surface area contributed by atoms with Crippen molar-refractivity contribution in [3.8, 4) is 0 Å². The number of hydrogen-bond acceptors (Lipinski definition) is 3. The fourth-order valence-corrected chi connectivity index (χ4v) is 2.82. The summed E-state index contributed by atoms with van der Waals surface area (Å²) in [4.78, 5) is 4.28. The van der Waals surface area contributed by atoms with Crippen LogP contribution in [-0.4, -0.2) is 11.0 Å². The van der Waals surface area contributed by atoms with Gasteiger partial charge < -0.3 is 5.32 Å². The molecule has 1 fully saturated rings. The fraction of sp³-hybridized carbons (Fsp3) is 0.462. The number of nitrogens with one attached hydrogen (secondary N) is 1. The minimum absolute atomic E-state index is 0.679. The molecule has 1 heterocycles. The van der Waals surface area contributed by atoms with Crippen LogP contribution in [0.4, 0.5) is 0 Å². The van der Waals surface area contributed by atoms with Gasteiger partial charge in [-0.15, -0.1) is 11.3 Å². The Balaban J connectivity index is 1.49. The summed E-state index contributed by atoms with van der Waals surface area (Å²) in [5.74, 6) is 0.761. The first kappa shape index (κ1) is 10.2. The lowest BCUT2D eigenvalue weighted by Crippen LogP contribution is -2.17. The van der Waals surface area contributed by atoms with Crippen molar-refractivity contribution in [2.24, 2.45) is 5.92 Å². The van der Waals surface area contributed by atoms with Crippen molar-refractivity contribution in [3.05, 3.63) is 40.4 Å². The highest BCUT2D eigenvalue weighted by molar-refractivity contribution is 7.09. The molecule has 0 aliphatic heterocycles. The van der Waals surface area contributed by atoms with E-state index in [4.69, 9.17) is 0 Å². The first-order chi connectivity index (χ1) is 7.93. The number of rotatable bonds is 4. The molecule has 84 valence electrons. The third-order valence-electron chi connectivity index (χ3n) is 3.24. The Kier molecular flexibility index (Phi) is 2.89. The van der Waals surface area contributed by atoms with Crippen LogP contribution in [0.2, 0.25) is 0 Å². The van der Waals surface area contributed by atoms with Crippen LogP contribution in [0.3, 0.4) is 0 Å². The third kappa shape index (κ3) is 2.25. The van der Waals surface area contributed by atoms with Gasteiger partial charge in [-0.3, -0.25) is 0 Å². The van der Waals surface area contributed by atoms with Gasteiger partial charge >= 0.3 is 0 Å². The summed E-state index contributed by atoms with van der Waals surface area (Å²) < 4.78 is 0. The molecule has 0 amide bonds. The summed E-state index contributed by atoms with van der Waals surface area (Å²) in [6.45, 7) is 0.926. The Morgan fingerprint density at radius 3 is 3.19 bits per heavy atom. The first-order valence-electron chi connectivity index (χ1n) is 5.92. The molecule has 1 saturated carbocycles. The molecule has 0 bridgehead atoms. The maximum atomic E-state index is 4.28. The maximum absolute atomic E-state index is 4.28. The molecule has 3 heteroatoms. The van der Waals surface area contributed by atoms with Crippen LogP contribution in [-0.2, 0) is 6.54 Å². The van der Waals surface area contributed by atoms with E-state index in [-0.39, 0.29) is 0 Å². The van der Waals surface area contributed by atoms with Crippen molar-refractivity contribution in [3.63, 3.8) is 0 Å². The van der Waals surface area contributed by atoms with Gasteiger partial charge in [0.1, 0.15) is 5.01 Å². The predicted octanol–water partition coefficient (Wildman–Crippen LogP) is 2.90. The smallest absolute Gasteiger partial charge is 0.106 e. The zero-order valence-electron chi connectivity index (χ0n) is 9.23. The van der Waals surface area contributed by atoms with Crippen molar-refractivity contribution in [1.29, 1.82) is 0 Å². The van der Waals surface area contributed by atoms with Crippen LogP contribution in [0.15, 0.2) is 35.4 Å². The van der Waals surface area contributed by atoms with E-state index in [1.807, 2.05) is 11.6 Å². The van der Waals surface area contributed by atoms with Gasteiger partial charge in [0.15, 0.2) is 0 Å². The van der Waals surface area contributed by atoms with Crippen LogP contribution in [0.5, 0.6) is 0 Å². The molecule has 0 radical (unpaired) electrons. The van der Waals surface area contributed by atoms with Gasteiger partial charge in [-0.2, -0.15) is 0 Å². The van der Waals surface area contributed by atoms with E-state index in [1.165, 1.54) is 24.3 Å². The maximum Gasteiger partial charge on any atom is 0.106 e. The predicted molar refractivity (Wildman–Crippen MR) is 67.3 cm³/mol. The highest BCUT2D eigenvalue weighted by Crippen LogP contribution is 2.39.